The van der Waals surface area contributed by atoms with E-state index in [0.29, 0.717) is 63.2 Å². The van der Waals surface area contributed by atoms with Gasteiger partial charge < -0.3 is 19.4 Å². The van der Waals surface area contributed by atoms with Gasteiger partial charge in [-0.05, 0) is 48.4 Å². The molecule has 1 aromatic carbocycles. The van der Waals surface area contributed by atoms with Gasteiger partial charge in [0.25, 0.3) is 0 Å². The van der Waals surface area contributed by atoms with Gasteiger partial charge in [-0.3, -0.25) is 4.79 Å². The molecule has 1 aromatic heterocycles. The number of nitrogens with zero attached hydrogens (tertiary/aromatic N) is 6. The Labute approximate surface area is 206 Å². The Balaban J connectivity index is 1.11. The minimum Gasteiger partial charge on any atom is -0.406 e. The van der Waals surface area contributed by atoms with Gasteiger partial charge >= 0.3 is 12.4 Å². The van der Waals surface area contributed by atoms with E-state index >= 15 is 0 Å². The molecular formula is C24H27F3N6O3. The summed E-state index contributed by atoms with van der Waals surface area (Å²) in [5.41, 5.74) is 1.55. The predicted molar refractivity (Wildman–Crippen MR) is 122 cm³/mol. The van der Waals surface area contributed by atoms with Crippen LogP contribution in [0.25, 0.3) is 6.08 Å². The first-order valence-electron chi connectivity index (χ1n) is 12.0. The van der Waals surface area contributed by atoms with E-state index in [2.05, 4.69) is 15.0 Å². The molecule has 3 aliphatic rings. The van der Waals surface area contributed by atoms with Crippen LogP contribution in [-0.2, 0) is 17.9 Å². The molecular weight excluding hydrogens is 477 g/mol. The zero-order valence-corrected chi connectivity index (χ0v) is 19.6. The zero-order valence-electron chi connectivity index (χ0n) is 19.6. The van der Waals surface area contributed by atoms with Gasteiger partial charge in [0.2, 0.25) is 5.91 Å². The molecule has 36 heavy (non-hydrogen) atoms. The summed E-state index contributed by atoms with van der Waals surface area (Å²) in [7, 11) is 0. The third kappa shape index (κ3) is 5.47. The highest BCUT2D eigenvalue weighted by Gasteiger charge is 2.39. The summed E-state index contributed by atoms with van der Waals surface area (Å²) in [6.45, 7) is 4.40. The van der Waals surface area contributed by atoms with Crippen LogP contribution < -0.4 is 4.74 Å². The predicted octanol–water partition coefficient (Wildman–Crippen LogP) is 3.00. The summed E-state index contributed by atoms with van der Waals surface area (Å²) < 4.78 is 42.6. The second-order valence-electron chi connectivity index (χ2n) is 9.43. The zero-order chi connectivity index (χ0) is 25.3. The minimum absolute atomic E-state index is 0.0537. The number of fused-ring (bicyclic) bond motifs is 2. The van der Waals surface area contributed by atoms with Crippen LogP contribution in [0.4, 0.5) is 18.0 Å². The molecule has 12 heteroatoms. The lowest BCUT2D eigenvalue weighted by Crippen LogP contribution is -2.46. The first kappa shape index (κ1) is 24.1. The molecule has 2 saturated heterocycles. The van der Waals surface area contributed by atoms with E-state index in [4.69, 9.17) is 0 Å². The lowest BCUT2D eigenvalue weighted by atomic mass is 9.92. The average molecular weight is 505 g/mol. The van der Waals surface area contributed by atoms with Gasteiger partial charge in [-0.1, -0.05) is 17.3 Å². The van der Waals surface area contributed by atoms with Crippen LogP contribution in [0.5, 0.6) is 5.75 Å². The van der Waals surface area contributed by atoms with Crippen LogP contribution in [0.1, 0.15) is 24.1 Å². The number of ether oxygens (including phenoxy) is 1. The number of carbonyl (C=O) groups excluding carboxylic acids is 2. The molecule has 2 fully saturated rings. The smallest absolute Gasteiger partial charge is 0.406 e. The third-order valence-corrected chi connectivity index (χ3v) is 7.13. The van der Waals surface area contributed by atoms with Gasteiger partial charge in [0.15, 0.2) is 0 Å². The summed E-state index contributed by atoms with van der Waals surface area (Å²) in [6, 6.07) is 5.42. The van der Waals surface area contributed by atoms with E-state index in [-0.39, 0.29) is 17.7 Å². The van der Waals surface area contributed by atoms with E-state index in [1.807, 2.05) is 14.5 Å². The quantitative estimate of drug-likeness (QED) is 0.601. The summed E-state index contributed by atoms with van der Waals surface area (Å²) in [6.07, 6.45) is 1.66. The molecule has 2 aromatic rings. The van der Waals surface area contributed by atoms with Crippen LogP contribution in [0, 0.1) is 11.8 Å². The normalized spacial score (nSPS) is 22.4. The maximum atomic E-state index is 13.1. The molecule has 4 heterocycles. The van der Waals surface area contributed by atoms with Crippen molar-refractivity contribution in [3.05, 3.63) is 47.8 Å². The van der Waals surface area contributed by atoms with Gasteiger partial charge in [-0.2, -0.15) is 0 Å². The van der Waals surface area contributed by atoms with Crippen molar-refractivity contribution in [2.45, 2.75) is 32.3 Å². The maximum absolute atomic E-state index is 13.1. The first-order chi connectivity index (χ1) is 17.2. The lowest BCUT2D eigenvalue weighted by molar-refractivity contribution is -0.274. The number of alkyl halides is 3. The monoisotopic (exact) mass is 504 g/mol. The Morgan fingerprint density at radius 2 is 1.64 bits per heavy atom. The Morgan fingerprint density at radius 1 is 0.944 bits per heavy atom. The molecule has 3 amide bonds. The Bertz CT molecular complexity index is 1120. The van der Waals surface area contributed by atoms with Gasteiger partial charge in [0.1, 0.15) is 5.75 Å². The van der Waals surface area contributed by atoms with E-state index in [9.17, 15) is 22.8 Å². The molecule has 0 N–H and O–H groups in total. The fraction of sp³-hybridized carbons (Fsp3) is 0.500. The standard InChI is InChI=1S/C24H27F3N6O3/c25-24(26,27)36-21-4-1-17(2-5-21)3-6-22(34)30-9-7-18-14-32(15-19(18)8-10-30)23(35)31-11-12-33-20(16-31)13-28-29-33/h1-6,13,18-19H,7-12,14-16H2/t18-,19+. The van der Waals surface area contributed by atoms with E-state index in [0.717, 1.165) is 18.5 Å². The second-order valence-corrected chi connectivity index (χ2v) is 9.43. The molecule has 0 saturated carbocycles. The fourth-order valence-electron chi connectivity index (χ4n) is 5.22. The number of carbonyl (C=O) groups is 2. The van der Waals surface area contributed by atoms with Crippen LogP contribution >= 0.6 is 0 Å². The first-order valence-corrected chi connectivity index (χ1v) is 12.0. The number of amides is 3. The molecule has 9 nitrogen and oxygen atoms in total. The van der Waals surface area contributed by atoms with Gasteiger partial charge in [-0.15, -0.1) is 18.3 Å². The Hall–Kier alpha value is -3.57. The fourth-order valence-corrected chi connectivity index (χ4v) is 5.22. The molecule has 0 unspecified atom stereocenters. The largest absolute Gasteiger partial charge is 0.573 e. The molecule has 2 atom stereocenters. The van der Waals surface area contributed by atoms with E-state index in [1.54, 1.807) is 17.2 Å². The maximum Gasteiger partial charge on any atom is 0.573 e. The van der Waals surface area contributed by atoms with Crippen molar-refractivity contribution in [3.63, 3.8) is 0 Å². The average Bonchev–Trinajstić information content (AvgIpc) is 3.44. The van der Waals surface area contributed by atoms with Gasteiger partial charge in [0, 0.05) is 38.8 Å². The molecule has 3 aliphatic heterocycles. The number of urea groups is 1. The number of benzene rings is 1. The van der Waals surface area contributed by atoms with Crippen LogP contribution in [-0.4, -0.2) is 80.7 Å². The van der Waals surface area contributed by atoms with Crippen molar-refractivity contribution in [2.24, 2.45) is 11.8 Å². The minimum atomic E-state index is -4.74. The number of hydrogen-bond donors (Lipinski definition) is 0. The van der Waals surface area contributed by atoms with Crippen molar-refractivity contribution in [2.75, 3.05) is 32.7 Å². The molecule has 0 bridgehead atoms. The summed E-state index contributed by atoms with van der Waals surface area (Å²) in [5.74, 6) is 0.279. The third-order valence-electron chi connectivity index (χ3n) is 7.13. The molecule has 192 valence electrons. The highest BCUT2D eigenvalue weighted by Crippen LogP contribution is 2.33. The van der Waals surface area contributed by atoms with Crippen molar-refractivity contribution in [1.82, 2.24) is 29.7 Å². The SMILES string of the molecule is O=C(C=Cc1ccc(OC(F)(F)F)cc1)N1CC[C@@H]2CN(C(=O)N3CCn4nncc4C3)C[C@@H]2CC1. The Morgan fingerprint density at radius 3 is 2.31 bits per heavy atom. The van der Waals surface area contributed by atoms with Crippen molar-refractivity contribution < 1.29 is 27.5 Å². The highest BCUT2D eigenvalue weighted by atomic mass is 19.4. The second kappa shape index (κ2) is 9.82. The molecule has 0 aliphatic carbocycles. The number of aromatic nitrogens is 3. The Kier molecular flexibility index (Phi) is 6.59. The van der Waals surface area contributed by atoms with Crippen LogP contribution in [0.3, 0.4) is 0 Å². The van der Waals surface area contributed by atoms with Crippen molar-refractivity contribution in [1.29, 1.82) is 0 Å². The lowest BCUT2D eigenvalue weighted by Gasteiger charge is -2.31. The van der Waals surface area contributed by atoms with Crippen LogP contribution in [0.15, 0.2) is 36.5 Å². The number of halogens is 3. The number of rotatable bonds is 3. The van der Waals surface area contributed by atoms with Crippen molar-refractivity contribution in [3.8, 4) is 5.75 Å². The highest BCUT2D eigenvalue weighted by molar-refractivity contribution is 5.91. The molecule has 5 rings (SSSR count). The van der Waals surface area contributed by atoms with Gasteiger partial charge in [-0.25, -0.2) is 9.48 Å². The summed E-state index contributed by atoms with van der Waals surface area (Å²) in [4.78, 5) is 31.4. The molecule has 0 spiro atoms. The van der Waals surface area contributed by atoms with E-state index in [1.165, 1.54) is 30.3 Å². The van der Waals surface area contributed by atoms with Crippen molar-refractivity contribution >= 4 is 18.0 Å². The summed E-state index contributed by atoms with van der Waals surface area (Å²) >= 11 is 0. The van der Waals surface area contributed by atoms with Crippen LogP contribution in [0.2, 0.25) is 0 Å². The summed E-state index contributed by atoms with van der Waals surface area (Å²) in [5, 5.41) is 7.93. The topological polar surface area (TPSA) is 83.8 Å². The van der Waals surface area contributed by atoms with E-state index < -0.39 is 6.36 Å². The van der Waals surface area contributed by atoms with Gasteiger partial charge in [0.05, 0.1) is 25.0 Å². The molecule has 0 radical (unpaired) electrons. The number of likely N-dealkylation sites (tertiary alicyclic amines) is 2. The number of hydrogen-bond acceptors (Lipinski definition) is 5.